The Morgan fingerprint density at radius 1 is 1.42 bits per heavy atom. The van der Waals surface area contributed by atoms with E-state index < -0.39 is 9.84 Å². The van der Waals surface area contributed by atoms with Crippen LogP contribution >= 0.6 is 0 Å². The van der Waals surface area contributed by atoms with Crippen LogP contribution in [0.25, 0.3) is 6.08 Å². The third kappa shape index (κ3) is 4.11. The molecule has 0 aliphatic carbocycles. The Balaban J connectivity index is 2.34. The summed E-state index contributed by atoms with van der Waals surface area (Å²) in [5.41, 5.74) is 3.88. The van der Waals surface area contributed by atoms with Crippen LogP contribution in [0.3, 0.4) is 0 Å². The van der Waals surface area contributed by atoms with Crippen molar-refractivity contribution in [3.63, 3.8) is 0 Å². The number of hydrogen-bond acceptors (Lipinski definition) is 5. The van der Waals surface area contributed by atoms with E-state index in [-0.39, 0.29) is 22.5 Å². The maximum absolute atomic E-state index is 12.3. The normalized spacial score (nSPS) is 18.2. The van der Waals surface area contributed by atoms with Crippen molar-refractivity contribution in [2.75, 3.05) is 12.9 Å². The summed E-state index contributed by atoms with van der Waals surface area (Å²) in [4.78, 5) is 11.4. The molecule has 0 spiro atoms. The van der Waals surface area contributed by atoms with Crippen molar-refractivity contribution in [3.8, 4) is 5.75 Å². The lowest BCUT2D eigenvalue weighted by Crippen LogP contribution is -2.30. The molecule has 24 heavy (non-hydrogen) atoms. The number of carbonyl (C=O) groups excluding carboxylic acids is 1. The third-order valence-corrected chi connectivity index (χ3v) is 5.28. The van der Waals surface area contributed by atoms with Crippen molar-refractivity contribution >= 4 is 27.5 Å². The minimum atomic E-state index is -3.50. The molecule has 6 nitrogen and oxygen atoms in total. The molecule has 1 heterocycles. The molecule has 1 aromatic carbocycles. The van der Waals surface area contributed by atoms with E-state index in [0.29, 0.717) is 17.7 Å². The van der Waals surface area contributed by atoms with Gasteiger partial charge in [0.15, 0.2) is 9.84 Å². The Labute approximate surface area is 141 Å². The lowest BCUT2D eigenvalue weighted by atomic mass is 9.99. The van der Waals surface area contributed by atoms with Crippen molar-refractivity contribution in [1.29, 1.82) is 0 Å². The smallest absolute Gasteiger partial charge is 0.240 e. The molecular weight excluding hydrogens is 328 g/mol. The quantitative estimate of drug-likeness (QED) is 0.799. The second-order valence-electron chi connectivity index (χ2n) is 5.49. The van der Waals surface area contributed by atoms with E-state index in [1.165, 1.54) is 13.2 Å². The molecule has 1 aromatic rings. The van der Waals surface area contributed by atoms with Crippen LogP contribution in [0.4, 0.5) is 0 Å². The standard InChI is InChI=1S/C17H20N2O4S/c1-4-9-24(21,22)16-11-13(6-8-15(16)23-3)5-7-14-12(2)10-17(20)19-18-14/h4-8,11-12H,1,9-10H2,2-3H3,(H,19,20). The van der Waals surface area contributed by atoms with Gasteiger partial charge in [-0.15, -0.1) is 6.58 Å². The van der Waals surface area contributed by atoms with Gasteiger partial charge in [0, 0.05) is 12.3 Å². The number of nitrogens with one attached hydrogen (secondary N) is 1. The minimum Gasteiger partial charge on any atom is -0.495 e. The van der Waals surface area contributed by atoms with Gasteiger partial charge >= 0.3 is 0 Å². The van der Waals surface area contributed by atoms with Gasteiger partial charge in [-0.2, -0.15) is 5.10 Å². The lowest BCUT2D eigenvalue weighted by Gasteiger charge is -2.16. The van der Waals surface area contributed by atoms with E-state index in [9.17, 15) is 13.2 Å². The molecule has 128 valence electrons. The molecular formula is C17H20N2O4S. The van der Waals surface area contributed by atoms with E-state index >= 15 is 0 Å². The summed E-state index contributed by atoms with van der Waals surface area (Å²) in [7, 11) is -2.07. The maximum Gasteiger partial charge on any atom is 0.240 e. The summed E-state index contributed by atoms with van der Waals surface area (Å²) < 4.78 is 29.8. The zero-order valence-corrected chi connectivity index (χ0v) is 14.5. The summed E-state index contributed by atoms with van der Waals surface area (Å²) in [6.45, 7) is 5.39. The number of nitrogens with zero attached hydrogens (tertiary/aromatic N) is 1. The third-order valence-electron chi connectivity index (χ3n) is 3.61. The number of methoxy groups -OCH3 is 1. The highest BCUT2D eigenvalue weighted by molar-refractivity contribution is 7.91. The fourth-order valence-electron chi connectivity index (χ4n) is 2.33. The fourth-order valence-corrected chi connectivity index (χ4v) is 3.60. The monoisotopic (exact) mass is 348 g/mol. The average Bonchev–Trinajstić information content (AvgIpc) is 2.54. The second kappa shape index (κ2) is 7.44. The number of amides is 1. The molecule has 0 saturated heterocycles. The zero-order chi connectivity index (χ0) is 17.7. The van der Waals surface area contributed by atoms with Crippen LogP contribution in [-0.2, 0) is 14.6 Å². The van der Waals surface area contributed by atoms with E-state index in [4.69, 9.17) is 4.74 Å². The van der Waals surface area contributed by atoms with Crippen LogP contribution in [0.2, 0.25) is 0 Å². The van der Waals surface area contributed by atoms with E-state index in [1.807, 2.05) is 6.92 Å². The van der Waals surface area contributed by atoms with Crippen LogP contribution in [0.15, 0.2) is 46.9 Å². The highest BCUT2D eigenvalue weighted by Crippen LogP contribution is 2.26. The van der Waals surface area contributed by atoms with Crippen LogP contribution < -0.4 is 10.2 Å². The van der Waals surface area contributed by atoms with Gasteiger partial charge in [-0.1, -0.05) is 25.1 Å². The lowest BCUT2D eigenvalue weighted by molar-refractivity contribution is -0.121. The molecule has 0 saturated carbocycles. The first-order valence-electron chi connectivity index (χ1n) is 7.43. The molecule has 1 aliphatic rings. The number of hydrogen-bond donors (Lipinski definition) is 1. The number of hydrazone groups is 1. The number of carbonyl (C=O) groups is 1. The number of sulfone groups is 1. The van der Waals surface area contributed by atoms with Crippen molar-refractivity contribution in [1.82, 2.24) is 5.43 Å². The molecule has 1 N–H and O–H groups in total. The van der Waals surface area contributed by atoms with E-state index in [0.717, 1.165) is 5.71 Å². The van der Waals surface area contributed by atoms with Gasteiger partial charge in [-0.25, -0.2) is 13.8 Å². The first kappa shape index (κ1) is 17.9. The summed E-state index contributed by atoms with van der Waals surface area (Å²) in [5, 5.41) is 4.02. The Kier molecular flexibility index (Phi) is 5.56. The number of benzene rings is 1. The molecule has 0 bridgehead atoms. The molecule has 7 heteroatoms. The van der Waals surface area contributed by atoms with Crippen molar-refractivity contribution in [2.45, 2.75) is 18.2 Å². The molecule has 0 aromatic heterocycles. The van der Waals surface area contributed by atoms with Crippen LogP contribution in [0, 0.1) is 5.92 Å². The Hall–Kier alpha value is -2.41. The highest BCUT2D eigenvalue weighted by atomic mass is 32.2. The second-order valence-corrected chi connectivity index (χ2v) is 7.49. The molecule has 0 fully saturated rings. The van der Waals surface area contributed by atoms with Gasteiger partial charge in [0.1, 0.15) is 10.6 Å². The first-order chi connectivity index (χ1) is 11.4. The Morgan fingerprint density at radius 2 is 2.17 bits per heavy atom. The minimum absolute atomic E-state index is 0.0113. The zero-order valence-electron chi connectivity index (χ0n) is 13.7. The molecule has 0 radical (unpaired) electrons. The maximum atomic E-state index is 12.3. The molecule has 1 unspecified atom stereocenters. The summed E-state index contributed by atoms with van der Waals surface area (Å²) in [5.74, 6) is 0.0375. The number of ether oxygens (including phenoxy) is 1. The SMILES string of the molecule is C=CCS(=O)(=O)c1cc(C=CC2=NNC(=O)CC2C)ccc1OC. The van der Waals surface area contributed by atoms with Gasteiger partial charge in [0.25, 0.3) is 0 Å². The summed E-state index contributed by atoms with van der Waals surface area (Å²) >= 11 is 0. The van der Waals surface area contributed by atoms with Crippen molar-refractivity contribution in [3.05, 3.63) is 42.5 Å². The molecule has 2 rings (SSSR count). The van der Waals surface area contributed by atoms with Crippen LogP contribution in [-0.4, -0.2) is 32.9 Å². The first-order valence-corrected chi connectivity index (χ1v) is 9.09. The largest absolute Gasteiger partial charge is 0.495 e. The van der Waals surface area contributed by atoms with E-state index in [1.54, 1.807) is 30.4 Å². The van der Waals surface area contributed by atoms with Crippen molar-refractivity contribution < 1.29 is 17.9 Å². The Morgan fingerprint density at radius 3 is 2.79 bits per heavy atom. The Bertz CT molecular complexity index is 810. The summed E-state index contributed by atoms with van der Waals surface area (Å²) in [6.07, 6.45) is 5.26. The van der Waals surface area contributed by atoms with Crippen molar-refractivity contribution in [2.24, 2.45) is 11.0 Å². The predicted molar refractivity (Wildman–Crippen MR) is 93.6 cm³/mol. The van der Waals surface area contributed by atoms with Gasteiger partial charge in [0.2, 0.25) is 5.91 Å². The number of allylic oxidation sites excluding steroid dienone is 1. The van der Waals surface area contributed by atoms with E-state index in [2.05, 4.69) is 17.1 Å². The van der Waals surface area contributed by atoms with Gasteiger partial charge < -0.3 is 4.74 Å². The average molecular weight is 348 g/mol. The topological polar surface area (TPSA) is 84.8 Å². The molecule has 1 amide bonds. The van der Waals surface area contributed by atoms with Crippen LogP contribution in [0.1, 0.15) is 18.9 Å². The number of rotatable bonds is 6. The molecule has 1 atom stereocenters. The van der Waals surface area contributed by atoms with Gasteiger partial charge in [0.05, 0.1) is 18.6 Å². The highest BCUT2D eigenvalue weighted by Gasteiger charge is 2.20. The summed E-state index contributed by atoms with van der Waals surface area (Å²) in [6, 6.07) is 4.93. The fraction of sp³-hybridized carbons (Fsp3) is 0.294. The molecule has 1 aliphatic heterocycles. The van der Waals surface area contributed by atoms with Crippen LogP contribution in [0.5, 0.6) is 5.75 Å². The predicted octanol–water partition coefficient (Wildman–Crippen LogP) is 2.18. The van der Waals surface area contributed by atoms with Gasteiger partial charge in [-0.3, -0.25) is 4.79 Å². The van der Waals surface area contributed by atoms with Gasteiger partial charge in [-0.05, 0) is 23.8 Å².